The van der Waals surface area contributed by atoms with Gasteiger partial charge in [-0.3, -0.25) is 4.79 Å². The number of hydrogen-bond donors (Lipinski definition) is 2. The number of benzene rings is 1. The number of carboxylic acid groups (broad SMARTS) is 1. The molecule has 0 unspecified atom stereocenters. The number of nitrogens with one attached hydrogen (secondary N) is 1. The standard InChI is InChI=1S/C15H17N3O4/c1-3-22-9-14(19)17-11-5-4-6-12(7-11)18-10(2)13(8-16-18)15(20)21/h4-8H,3,9H2,1-2H3,(H,17,19)(H,20,21). The molecule has 0 radical (unpaired) electrons. The van der Waals surface area contributed by atoms with E-state index in [1.807, 2.05) is 6.92 Å². The molecule has 0 fully saturated rings. The summed E-state index contributed by atoms with van der Waals surface area (Å²) in [5, 5.41) is 15.8. The first-order valence-electron chi connectivity index (χ1n) is 6.79. The summed E-state index contributed by atoms with van der Waals surface area (Å²) >= 11 is 0. The van der Waals surface area contributed by atoms with Crippen molar-refractivity contribution in [1.82, 2.24) is 9.78 Å². The van der Waals surface area contributed by atoms with Gasteiger partial charge >= 0.3 is 5.97 Å². The Morgan fingerprint density at radius 3 is 2.82 bits per heavy atom. The minimum Gasteiger partial charge on any atom is -0.478 e. The van der Waals surface area contributed by atoms with E-state index in [0.29, 0.717) is 23.7 Å². The molecule has 0 spiro atoms. The molecule has 1 amide bonds. The van der Waals surface area contributed by atoms with Crippen molar-refractivity contribution in [2.45, 2.75) is 13.8 Å². The number of aromatic nitrogens is 2. The molecule has 116 valence electrons. The predicted octanol–water partition coefficient (Wildman–Crippen LogP) is 1.85. The largest absolute Gasteiger partial charge is 0.478 e. The zero-order valence-electron chi connectivity index (χ0n) is 12.4. The number of carbonyl (C=O) groups excluding carboxylic acids is 1. The molecule has 0 aliphatic carbocycles. The highest BCUT2D eigenvalue weighted by molar-refractivity contribution is 5.92. The summed E-state index contributed by atoms with van der Waals surface area (Å²) in [6.07, 6.45) is 1.30. The SMILES string of the molecule is CCOCC(=O)Nc1cccc(-n2ncc(C(=O)O)c2C)c1. The van der Waals surface area contributed by atoms with E-state index in [0.717, 1.165) is 0 Å². The molecule has 1 aromatic heterocycles. The second-order valence-electron chi connectivity index (χ2n) is 4.60. The molecule has 0 aliphatic heterocycles. The smallest absolute Gasteiger partial charge is 0.339 e. The molecule has 7 nitrogen and oxygen atoms in total. The minimum absolute atomic E-state index is 0.00924. The molecule has 0 saturated carbocycles. The Morgan fingerprint density at radius 2 is 2.18 bits per heavy atom. The van der Waals surface area contributed by atoms with Crippen LogP contribution in [0, 0.1) is 6.92 Å². The van der Waals surface area contributed by atoms with Gasteiger partial charge in [0.25, 0.3) is 0 Å². The highest BCUT2D eigenvalue weighted by atomic mass is 16.5. The summed E-state index contributed by atoms with van der Waals surface area (Å²) in [5.41, 5.74) is 1.92. The van der Waals surface area contributed by atoms with Gasteiger partial charge in [-0.2, -0.15) is 5.10 Å². The topological polar surface area (TPSA) is 93.5 Å². The average molecular weight is 303 g/mol. The Morgan fingerprint density at radius 1 is 1.41 bits per heavy atom. The maximum Gasteiger partial charge on any atom is 0.339 e. The number of amides is 1. The van der Waals surface area contributed by atoms with Crippen molar-refractivity contribution in [1.29, 1.82) is 0 Å². The summed E-state index contributed by atoms with van der Waals surface area (Å²) < 4.78 is 6.55. The van der Waals surface area contributed by atoms with Crippen molar-refractivity contribution >= 4 is 17.6 Å². The number of ether oxygens (including phenoxy) is 1. The van der Waals surface area contributed by atoms with E-state index in [4.69, 9.17) is 9.84 Å². The van der Waals surface area contributed by atoms with Crippen LogP contribution in [-0.4, -0.2) is 40.0 Å². The Hall–Kier alpha value is -2.67. The molecule has 2 aromatic rings. The Bertz CT molecular complexity index is 694. The molecule has 1 aromatic carbocycles. The molecule has 2 rings (SSSR count). The van der Waals surface area contributed by atoms with E-state index in [1.165, 1.54) is 10.9 Å². The van der Waals surface area contributed by atoms with Gasteiger partial charge in [0, 0.05) is 12.3 Å². The summed E-state index contributed by atoms with van der Waals surface area (Å²) in [6, 6.07) is 7.00. The molecule has 22 heavy (non-hydrogen) atoms. The van der Waals surface area contributed by atoms with Gasteiger partial charge in [-0.05, 0) is 32.0 Å². The third kappa shape index (κ3) is 3.50. The molecule has 0 saturated heterocycles. The normalized spacial score (nSPS) is 10.5. The molecular weight excluding hydrogens is 286 g/mol. The minimum atomic E-state index is -1.02. The van der Waals surface area contributed by atoms with E-state index in [2.05, 4.69) is 10.4 Å². The molecule has 0 aliphatic rings. The molecule has 2 N–H and O–H groups in total. The van der Waals surface area contributed by atoms with E-state index in [-0.39, 0.29) is 18.1 Å². The van der Waals surface area contributed by atoms with Crippen LogP contribution in [0.5, 0.6) is 0 Å². The number of hydrogen-bond acceptors (Lipinski definition) is 4. The van der Waals surface area contributed by atoms with Crippen molar-refractivity contribution in [3.8, 4) is 5.69 Å². The molecule has 1 heterocycles. The number of anilines is 1. The van der Waals surface area contributed by atoms with Crippen LogP contribution in [0.3, 0.4) is 0 Å². The van der Waals surface area contributed by atoms with Gasteiger partial charge in [-0.25, -0.2) is 9.48 Å². The van der Waals surface area contributed by atoms with E-state index in [9.17, 15) is 9.59 Å². The van der Waals surface area contributed by atoms with Gasteiger partial charge in [0.15, 0.2) is 0 Å². The first kappa shape index (κ1) is 15.7. The lowest BCUT2D eigenvalue weighted by Gasteiger charge is -2.09. The highest BCUT2D eigenvalue weighted by Crippen LogP contribution is 2.18. The predicted molar refractivity (Wildman–Crippen MR) is 80.4 cm³/mol. The maximum absolute atomic E-state index is 11.6. The second-order valence-corrected chi connectivity index (χ2v) is 4.60. The van der Waals surface area contributed by atoms with Gasteiger partial charge in [-0.15, -0.1) is 0 Å². The van der Waals surface area contributed by atoms with Crippen molar-refractivity contribution < 1.29 is 19.4 Å². The van der Waals surface area contributed by atoms with Gasteiger partial charge in [0.05, 0.1) is 17.6 Å². The third-order valence-corrected chi connectivity index (χ3v) is 3.05. The Labute approximate surface area is 127 Å². The van der Waals surface area contributed by atoms with E-state index < -0.39 is 5.97 Å². The number of carbonyl (C=O) groups is 2. The first-order valence-corrected chi connectivity index (χ1v) is 6.79. The Balaban J connectivity index is 2.21. The van der Waals surface area contributed by atoms with Crippen LogP contribution in [0.4, 0.5) is 5.69 Å². The summed E-state index contributed by atoms with van der Waals surface area (Å²) in [7, 11) is 0. The van der Waals surface area contributed by atoms with Crippen LogP contribution in [0.15, 0.2) is 30.5 Å². The fourth-order valence-electron chi connectivity index (χ4n) is 1.99. The zero-order valence-corrected chi connectivity index (χ0v) is 12.4. The van der Waals surface area contributed by atoms with Gasteiger partial charge in [0.2, 0.25) is 5.91 Å². The van der Waals surface area contributed by atoms with Crippen molar-refractivity contribution in [2.24, 2.45) is 0 Å². The lowest BCUT2D eigenvalue weighted by Crippen LogP contribution is -2.18. The number of aromatic carboxylic acids is 1. The average Bonchev–Trinajstić information content (AvgIpc) is 2.87. The number of carboxylic acids is 1. The van der Waals surface area contributed by atoms with Gasteiger partial charge in [0.1, 0.15) is 12.2 Å². The summed E-state index contributed by atoms with van der Waals surface area (Å²) in [5.74, 6) is -1.27. The van der Waals surface area contributed by atoms with Gasteiger partial charge < -0.3 is 15.2 Å². The number of nitrogens with zero attached hydrogens (tertiary/aromatic N) is 2. The van der Waals surface area contributed by atoms with Crippen molar-refractivity contribution in [3.05, 3.63) is 41.7 Å². The van der Waals surface area contributed by atoms with E-state index >= 15 is 0 Å². The van der Waals surface area contributed by atoms with Gasteiger partial charge in [-0.1, -0.05) is 6.07 Å². The molecule has 0 atom stereocenters. The zero-order chi connectivity index (χ0) is 16.1. The van der Waals surface area contributed by atoms with Crippen LogP contribution in [0.25, 0.3) is 5.69 Å². The van der Waals surface area contributed by atoms with Crippen LogP contribution >= 0.6 is 0 Å². The third-order valence-electron chi connectivity index (χ3n) is 3.05. The van der Waals surface area contributed by atoms with Crippen LogP contribution in [0.1, 0.15) is 23.0 Å². The van der Waals surface area contributed by atoms with Crippen molar-refractivity contribution in [2.75, 3.05) is 18.5 Å². The van der Waals surface area contributed by atoms with E-state index in [1.54, 1.807) is 31.2 Å². The fraction of sp³-hybridized carbons (Fsp3) is 0.267. The fourth-order valence-corrected chi connectivity index (χ4v) is 1.99. The van der Waals surface area contributed by atoms with Crippen LogP contribution in [-0.2, 0) is 9.53 Å². The first-order chi connectivity index (χ1) is 10.5. The second kappa shape index (κ2) is 6.86. The molecular formula is C15H17N3O4. The summed E-state index contributed by atoms with van der Waals surface area (Å²) in [4.78, 5) is 22.7. The van der Waals surface area contributed by atoms with Crippen LogP contribution in [0.2, 0.25) is 0 Å². The maximum atomic E-state index is 11.6. The lowest BCUT2D eigenvalue weighted by molar-refractivity contribution is -0.120. The molecule has 7 heteroatoms. The van der Waals surface area contributed by atoms with Crippen molar-refractivity contribution in [3.63, 3.8) is 0 Å². The Kier molecular flexibility index (Phi) is 4.90. The van der Waals surface area contributed by atoms with Crippen LogP contribution < -0.4 is 5.32 Å². The molecule has 0 bridgehead atoms. The monoisotopic (exact) mass is 303 g/mol. The summed E-state index contributed by atoms with van der Waals surface area (Å²) in [6.45, 7) is 3.95. The quantitative estimate of drug-likeness (QED) is 0.849. The highest BCUT2D eigenvalue weighted by Gasteiger charge is 2.14. The number of rotatable bonds is 6. The lowest BCUT2D eigenvalue weighted by atomic mass is 10.2.